The summed E-state index contributed by atoms with van der Waals surface area (Å²) in [5.74, 6) is 2.68. The number of methoxy groups -OCH3 is 2. The van der Waals surface area contributed by atoms with E-state index in [2.05, 4.69) is 20.5 Å². The van der Waals surface area contributed by atoms with Crippen molar-refractivity contribution in [2.24, 2.45) is 4.99 Å². The zero-order valence-electron chi connectivity index (χ0n) is 13.8. The molecule has 0 fully saturated rings. The lowest BCUT2D eigenvalue weighted by atomic mass is 10.1. The van der Waals surface area contributed by atoms with Gasteiger partial charge in [-0.3, -0.25) is 0 Å². The third-order valence-electron chi connectivity index (χ3n) is 3.92. The van der Waals surface area contributed by atoms with Crippen molar-refractivity contribution in [2.75, 3.05) is 19.5 Å². The Morgan fingerprint density at radius 2 is 1.88 bits per heavy atom. The minimum Gasteiger partial charge on any atom is -0.497 e. The van der Waals surface area contributed by atoms with Crippen molar-refractivity contribution in [3.63, 3.8) is 0 Å². The molecule has 0 bridgehead atoms. The number of hydrogen-bond acceptors (Lipinski definition) is 6. The maximum absolute atomic E-state index is 5.64. The van der Waals surface area contributed by atoms with Crippen LogP contribution in [-0.4, -0.2) is 30.3 Å². The number of aromatic nitrogens is 2. The van der Waals surface area contributed by atoms with Crippen molar-refractivity contribution in [3.8, 4) is 23.0 Å². The standard InChI is InChI=1S/C18H16N4O3/c1-23-13-5-3-4-12(8-13)17-21-22-18(25-17)20-16-9-11-6-7-14(24-2)10-15(11)19-16/h3-8,10H,9H2,1-2H3,(H,19,20,22). The Balaban J connectivity index is 1.56. The number of nitrogens with zero attached hydrogens (tertiary/aromatic N) is 3. The predicted octanol–water partition coefficient (Wildman–Crippen LogP) is 3.45. The zero-order chi connectivity index (χ0) is 17.2. The SMILES string of the molecule is COc1cccc(-c2nnc(/N=C3/Cc4ccc(OC)cc4N3)o2)c1. The highest BCUT2D eigenvalue weighted by molar-refractivity contribution is 6.04. The van der Waals surface area contributed by atoms with E-state index >= 15 is 0 Å². The van der Waals surface area contributed by atoms with E-state index in [0.29, 0.717) is 12.3 Å². The molecule has 0 spiro atoms. The van der Waals surface area contributed by atoms with Gasteiger partial charge in [-0.2, -0.15) is 4.99 Å². The third-order valence-corrected chi connectivity index (χ3v) is 3.92. The van der Waals surface area contributed by atoms with E-state index in [1.54, 1.807) is 14.2 Å². The van der Waals surface area contributed by atoms with Crippen molar-refractivity contribution in [2.45, 2.75) is 6.42 Å². The van der Waals surface area contributed by atoms with Gasteiger partial charge in [0.15, 0.2) is 0 Å². The summed E-state index contributed by atoms with van der Waals surface area (Å²) in [5.41, 5.74) is 2.91. The first-order valence-corrected chi connectivity index (χ1v) is 7.74. The molecule has 2 aromatic carbocycles. The maximum atomic E-state index is 5.64. The summed E-state index contributed by atoms with van der Waals surface area (Å²) in [7, 11) is 3.26. The van der Waals surface area contributed by atoms with Crippen LogP contribution >= 0.6 is 0 Å². The molecule has 0 saturated carbocycles. The predicted molar refractivity (Wildman–Crippen MR) is 93.7 cm³/mol. The molecule has 7 nitrogen and oxygen atoms in total. The van der Waals surface area contributed by atoms with Crippen LogP contribution in [0.1, 0.15) is 5.56 Å². The van der Waals surface area contributed by atoms with E-state index in [-0.39, 0.29) is 6.01 Å². The van der Waals surface area contributed by atoms with E-state index in [1.165, 1.54) is 0 Å². The van der Waals surface area contributed by atoms with Gasteiger partial charge in [-0.1, -0.05) is 17.2 Å². The fraction of sp³-hybridized carbons (Fsp3) is 0.167. The summed E-state index contributed by atoms with van der Waals surface area (Å²) >= 11 is 0. The molecule has 2 heterocycles. The molecule has 7 heteroatoms. The fourth-order valence-electron chi connectivity index (χ4n) is 2.65. The van der Waals surface area contributed by atoms with Gasteiger partial charge in [-0.25, -0.2) is 0 Å². The first-order chi connectivity index (χ1) is 12.2. The number of benzene rings is 2. The van der Waals surface area contributed by atoms with E-state index in [4.69, 9.17) is 13.9 Å². The molecule has 0 atom stereocenters. The summed E-state index contributed by atoms with van der Waals surface area (Å²) in [6.07, 6.45) is 0.677. The molecule has 25 heavy (non-hydrogen) atoms. The molecule has 0 saturated heterocycles. The van der Waals surface area contributed by atoms with E-state index in [1.807, 2.05) is 42.5 Å². The van der Waals surface area contributed by atoms with Gasteiger partial charge in [0.05, 0.1) is 14.2 Å². The summed E-state index contributed by atoms with van der Waals surface area (Å²) in [5, 5.41) is 11.3. The smallest absolute Gasteiger partial charge is 0.344 e. The van der Waals surface area contributed by atoms with E-state index in [9.17, 15) is 0 Å². The normalized spacial score (nSPS) is 14.2. The maximum Gasteiger partial charge on any atom is 0.344 e. The highest BCUT2D eigenvalue weighted by Gasteiger charge is 2.18. The first kappa shape index (κ1) is 15.2. The van der Waals surface area contributed by atoms with Crippen molar-refractivity contribution in [1.29, 1.82) is 0 Å². The highest BCUT2D eigenvalue weighted by atomic mass is 16.5. The molecule has 1 aromatic heterocycles. The average Bonchev–Trinajstić information content (AvgIpc) is 3.27. The molecule has 1 aliphatic heterocycles. The van der Waals surface area contributed by atoms with Crippen LogP contribution in [0.15, 0.2) is 51.9 Å². The Morgan fingerprint density at radius 3 is 2.72 bits per heavy atom. The minimum atomic E-state index is 0.208. The number of nitrogens with one attached hydrogen (secondary N) is 1. The molecular formula is C18H16N4O3. The van der Waals surface area contributed by atoms with Gasteiger partial charge in [0.1, 0.15) is 17.3 Å². The Kier molecular flexibility index (Phi) is 3.81. The van der Waals surface area contributed by atoms with Crippen LogP contribution in [0.25, 0.3) is 11.5 Å². The van der Waals surface area contributed by atoms with Gasteiger partial charge in [0.2, 0.25) is 5.89 Å². The number of fused-ring (bicyclic) bond motifs is 1. The lowest BCUT2D eigenvalue weighted by Crippen LogP contribution is -2.05. The summed E-state index contributed by atoms with van der Waals surface area (Å²) in [6.45, 7) is 0. The molecule has 126 valence electrons. The second kappa shape index (κ2) is 6.27. The molecule has 1 N–H and O–H groups in total. The van der Waals surface area contributed by atoms with Crippen molar-refractivity contribution < 1.29 is 13.9 Å². The quantitative estimate of drug-likeness (QED) is 0.786. The van der Waals surface area contributed by atoms with Crippen LogP contribution in [0.2, 0.25) is 0 Å². The molecular weight excluding hydrogens is 320 g/mol. The van der Waals surface area contributed by atoms with Gasteiger partial charge in [0.25, 0.3) is 0 Å². The summed E-state index contributed by atoms with van der Waals surface area (Å²) < 4.78 is 16.1. The Bertz CT molecular complexity index is 949. The number of ether oxygens (including phenoxy) is 2. The van der Waals surface area contributed by atoms with Crippen LogP contribution in [0, 0.1) is 0 Å². The average molecular weight is 336 g/mol. The second-order valence-corrected chi connectivity index (χ2v) is 5.51. The molecule has 0 amide bonds. The van der Waals surface area contributed by atoms with Crippen molar-refractivity contribution >= 4 is 17.5 Å². The van der Waals surface area contributed by atoms with Gasteiger partial charge in [0, 0.05) is 23.7 Å². The van der Waals surface area contributed by atoms with Crippen molar-refractivity contribution in [1.82, 2.24) is 10.2 Å². The molecule has 0 unspecified atom stereocenters. The lowest BCUT2D eigenvalue weighted by molar-refractivity contribution is 0.414. The fourth-order valence-corrected chi connectivity index (χ4v) is 2.65. The number of rotatable bonds is 4. The van der Waals surface area contributed by atoms with Crippen LogP contribution in [-0.2, 0) is 6.42 Å². The van der Waals surface area contributed by atoms with Gasteiger partial charge < -0.3 is 19.2 Å². The van der Waals surface area contributed by atoms with Crippen LogP contribution in [0.5, 0.6) is 11.5 Å². The summed E-state index contributed by atoms with van der Waals surface area (Å²) in [6, 6.07) is 13.5. The third kappa shape index (κ3) is 3.03. The summed E-state index contributed by atoms with van der Waals surface area (Å²) in [4.78, 5) is 4.41. The molecule has 3 aromatic rings. The van der Waals surface area contributed by atoms with Gasteiger partial charge in [-0.05, 0) is 29.8 Å². The van der Waals surface area contributed by atoms with Gasteiger partial charge in [-0.15, -0.1) is 5.10 Å². The van der Waals surface area contributed by atoms with Crippen LogP contribution < -0.4 is 14.8 Å². The lowest BCUT2D eigenvalue weighted by Gasteiger charge is -2.02. The van der Waals surface area contributed by atoms with Crippen LogP contribution in [0.3, 0.4) is 0 Å². The highest BCUT2D eigenvalue weighted by Crippen LogP contribution is 2.29. The number of amidine groups is 1. The minimum absolute atomic E-state index is 0.208. The Morgan fingerprint density at radius 1 is 1.04 bits per heavy atom. The van der Waals surface area contributed by atoms with E-state index in [0.717, 1.165) is 34.1 Å². The first-order valence-electron chi connectivity index (χ1n) is 7.74. The number of anilines is 1. The monoisotopic (exact) mass is 336 g/mol. The molecule has 0 radical (unpaired) electrons. The van der Waals surface area contributed by atoms with Crippen LogP contribution in [0.4, 0.5) is 11.7 Å². The van der Waals surface area contributed by atoms with Crippen molar-refractivity contribution in [3.05, 3.63) is 48.0 Å². The topological polar surface area (TPSA) is 81.8 Å². The van der Waals surface area contributed by atoms with E-state index < -0.39 is 0 Å². The Labute approximate surface area is 144 Å². The molecule has 4 rings (SSSR count). The number of hydrogen-bond donors (Lipinski definition) is 1. The second-order valence-electron chi connectivity index (χ2n) is 5.51. The molecule has 1 aliphatic rings. The largest absolute Gasteiger partial charge is 0.497 e. The zero-order valence-corrected chi connectivity index (χ0v) is 13.8. The Hall–Kier alpha value is -3.35. The number of aliphatic imine (C=N–C) groups is 1. The van der Waals surface area contributed by atoms with Gasteiger partial charge >= 0.3 is 6.01 Å². The molecule has 0 aliphatic carbocycles.